The van der Waals surface area contributed by atoms with Gasteiger partial charge in [0.2, 0.25) is 5.82 Å². The summed E-state index contributed by atoms with van der Waals surface area (Å²) in [6.45, 7) is 0.565. The third-order valence-corrected chi connectivity index (χ3v) is 4.73. The van der Waals surface area contributed by atoms with E-state index in [1.165, 1.54) is 5.56 Å². The van der Waals surface area contributed by atoms with Crippen LogP contribution in [0.3, 0.4) is 0 Å². The summed E-state index contributed by atoms with van der Waals surface area (Å²) >= 11 is 0. The second kappa shape index (κ2) is 13.7. The van der Waals surface area contributed by atoms with Crippen molar-refractivity contribution in [3.8, 4) is 11.3 Å². The summed E-state index contributed by atoms with van der Waals surface area (Å²) in [7, 11) is 0. The summed E-state index contributed by atoms with van der Waals surface area (Å²) in [6.07, 6.45) is -4.07. The molecule has 4 rings (SSSR count). The molecule has 0 unspecified atom stereocenters. The second-order valence-corrected chi connectivity index (χ2v) is 7.57. The van der Waals surface area contributed by atoms with Crippen LogP contribution in [0.4, 0.5) is 26.3 Å². The third-order valence-electron chi connectivity index (χ3n) is 4.73. The zero-order valence-electron chi connectivity index (χ0n) is 20.1. The van der Waals surface area contributed by atoms with Gasteiger partial charge in [0.1, 0.15) is 0 Å². The van der Waals surface area contributed by atoms with Crippen LogP contribution in [0.5, 0.6) is 0 Å². The maximum absolute atomic E-state index is 12.7. The number of carbonyl (C=O) groups excluding carboxylic acids is 1. The first-order valence-corrected chi connectivity index (χ1v) is 11.0. The van der Waals surface area contributed by atoms with Crippen molar-refractivity contribution >= 4 is 23.4 Å². The van der Waals surface area contributed by atoms with Gasteiger partial charge in [-0.1, -0.05) is 36.4 Å². The Morgan fingerprint density at radius 1 is 0.800 bits per heavy atom. The van der Waals surface area contributed by atoms with E-state index in [1.807, 2.05) is 59.1 Å². The van der Waals surface area contributed by atoms with Crippen molar-refractivity contribution in [3.63, 3.8) is 0 Å². The number of imidazole rings is 1. The quantitative estimate of drug-likeness (QED) is 0.298. The molecule has 0 fully saturated rings. The van der Waals surface area contributed by atoms with Crippen molar-refractivity contribution in [2.45, 2.75) is 18.8 Å². The molecule has 3 N–H and O–H groups in total. The third kappa shape index (κ3) is 9.41. The molecule has 1 aromatic carbocycles. The largest absolute Gasteiger partial charge is 0.490 e. The Hall–Kier alpha value is -4.95. The van der Waals surface area contributed by atoms with Crippen molar-refractivity contribution in [1.82, 2.24) is 19.7 Å². The fourth-order valence-corrected chi connectivity index (χ4v) is 2.96. The first-order valence-electron chi connectivity index (χ1n) is 11.0. The molecule has 3 heterocycles. The average molecular weight is 570 g/mol. The van der Waals surface area contributed by atoms with Gasteiger partial charge in [0.05, 0.1) is 11.2 Å². The fraction of sp³-hybridized carbons (Fsp3) is 0.160. The highest BCUT2D eigenvalue weighted by Crippen LogP contribution is 2.24. The highest BCUT2D eigenvalue weighted by atomic mass is 19.4. The number of hydrogen-bond donors (Lipinski definition) is 3. The van der Waals surface area contributed by atoms with Crippen LogP contribution in [0.2, 0.25) is 0 Å². The second-order valence-electron chi connectivity index (χ2n) is 7.57. The number of alkyl halides is 6. The summed E-state index contributed by atoms with van der Waals surface area (Å²) < 4.78 is 65.3. The number of rotatable bonds is 5. The standard InChI is InChI=1S/C21H18N4O.2C2HF3O2/c26-21(23-14-9-16-6-2-1-3-7-16)20-24-19(17-10-12-22-13-11-17)18-8-4-5-15-25(18)20;2*3-2(4,5)1(6)7/h1-8,10-13,15H,9,14H2,(H,23,26);2*(H,6,7). The van der Waals surface area contributed by atoms with Gasteiger partial charge in [-0.05, 0) is 36.2 Å². The van der Waals surface area contributed by atoms with Crippen molar-refractivity contribution in [1.29, 1.82) is 0 Å². The smallest absolute Gasteiger partial charge is 0.475 e. The van der Waals surface area contributed by atoms with E-state index in [-0.39, 0.29) is 5.91 Å². The van der Waals surface area contributed by atoms with Gasteiger partial charge in [0.25, 0.3) is 5.91 Å². The molecule has 0 aliphatic rings. The number of pyridine rings is 2. The molecule has 40 heavy (non-hydrogen) atoms. The first-order chi connectivity index (χ1) is 18.7. The Morgan fingerprint density at radius 3 is 1.85 bits per heavy atom. The molecule has 0 aliphatic heterocycles. The Morgan fingerprint density at radius 2 is 1.32 bits per heavy atom. The average Bonchev–Trinajstić information content (AvgIpc) is 3.29. The number of carboxylic acid groups (broad SMARTS) is 2. The van der Waals surface area contributed by atoms with Gasteiger partial charge in [-0.3, -0.25) is 14.2 Å². The zero-order valence-corrected chi connectivity index (χ0v) is 20.1. The van der Waals surface area contributed by atoms with Crippen LogP contribution in [0.1, 0.15) is 16.2 Å². The molecule has 15 heteroatoms. The van der Waals surface area contributed by atoms with Crippen molar-refractivity contribution < 1.29 is 50.9 Å². The minimum absolute atomic E-state index is 0.178. The SMILES string of the molecule is O=C(NCCc1ccccc1)c1nc(-c2ccncc2)c2ccccn12.O=C(O)C(F)(F)F.O=C(O)C(F)(F)F. The van der Waals surface area contributed by atoms with E-state index in [4.69, 9.17) is 19.8 Å². The number of benzene rings is 1. The van der Waals surface area contributed by atoms with Gasteiger partial charge in [-0.15, -0.1) is 0 Å². The minimum Gasteiger partial charge on any atom is -0.475 e. The van der Waals surface area contributed by atoms with Crippen LogP contribution in [0, 0.1) is 0 Å². The molecule has 1 amide bonds. The number of carboxylic acids is 2. The predicted molar refractivity (Wildman–Crippen MR) is 128 cm³/mol. The van der Waals surface area contributed by atoms with Gasteiger partial charge < -0.3 is 15.5 Å². The number of fused-ring (bicyclic) bond motifs is 1. The molecule has 212 valence electrons. The van der Waals surface area contributed by atoms with E-state index < -0.39 is 24.3 Å². The molecule has 4 aromatic rings. The van der Waals surface area contributed by atoms with Crippen LogP contribution in [-0.4, -0.2) is 61.3 Å². The number of nitrogens with one attached hydrogen (secondary N) is 1. The number of hydrogen-bond acceptors (Lipinski definition) is 5. The molecule has 0 spiro atoms. The summed E-state index contributed by atoms with van der Waals surface area (Å²) in [4.78, 5) is 39.1. The number of nitrogens with zero attached hydrogens (tertiary/aromatic N) is 3. The predicted octanol–water partition coefficient (Wildman–Crippen LogP) is 4.64. The molecule has 9 nitrogen and oxygen atoms in total. The zero-order chi connectivity index (χ0) is 29.9. The molecule has 0 bridgehead atoms. The van der Waals surface area contributed by atoms with Crippen LogP contribution < -0.4 is 5.32 Å². The number of amides is 1. The maximum Gasteiger partial charge on any atom is 0.490 e. The number of carbonyl (C=O) groups is 3. The first kappa shape index (κ1) is 31.3. The normalized spacial score (nSPS) is 10.9. The maximum atomic E-state index is 12.7. The topological polar surface area (TPSA) is 134 Å². The molecular formula is C25H20F6N4O5. The lowest BCUT2D eigenvalue weighted by Crippen LogP contribution is -2.27. The van der Waals surface area contributed by atoms with Gasteiger partial charge in [-0.25, -0.2) is 14.6 Å². The number of halogens is 6. The summed E-state index contributed by atoms with van der Waals surface area (Å²) in [5.41, 5.74) is 3.80. The lowest BCUT2D eigenvalue weighted by molar-refractivity contribution is -0.193. The Balaban J connectivity index is 0.000000333. The summed E-state index contributed by atoms with van der Waals surface area (Å²) in [5.74, 6) is -5.30. The Kier molecular flexibility index (Phi) is 10.7. The van der Waals surface area contributed by atoms with E-state index in [0.29, 0.717) is 12.4 Å². The Bertz CT molecular complexity index is 1400. The van der Waals surface area contributed by atoms with E-state index in [9.17, 15) is 31.1 Å². The fourth-order valence-electron chi connectivity index (χ4n) is 2.96. The van der Waals surface area contributed by atoms with Crippen LogP contribution in [0.25, 0.3) is 16.8 Å². The highest BCUT2D eigenvalue weighted by Gasteiger charge is 2.38. The molecule has 0 saturated carbocycles. The van der Waals surface area contributed by atoms with E-state index >= 15 is 0 Å². The van der Waals surface area contributed by atoms with Crippen molar-refractivity contribution in [2.24, 2.45) is 0 Å². The van der Waals surface area contributed by atoms with Gasteiger partial charge in [0, 0.05) is 30.7 Å². The Labute approximate surface area is 221 Å². The van der Waals surface area contributed by atoms with Crippen LogP contribution in [-0.2, 0) is 16.0 Å². The van der Waals surface area contributed by atoms with E-state index in [1.54, 1.807) is 12.4 Å². The lowest BCUT2D eigenvalue weighted by atomic mass is 10.1. The minimum atomic E-state index is -5.08. The molecular weight excluding hydrogens is 550 g/mol. The van der Waals surface area contributed by atoms with Crippen molar-refractivity contribution in [2.75, 3.05) is 6.54 Å². The molecule has 3 aromatic heterocycles. The molecule has 0 saturated heterocycles. The molecule has 0 atom stereocenters. The van der Waals surface area contributed by atoms with Gasteiger partial charge in [0.15, 0.2) is 0 Å². The number of aromatic nitrogens is 3. The van der Waals surface area contributed by atoms with Crippen LogP contribution in [0.15, 0.2) is 79.3 Å². The van der Waals surface area contributed by atoms with Crippen molar-refractivity contribution in [3.05, 3.63) is 90.6 Å². The van der Waals surface area contributed by atoms with E-state index in [2.05, 4.69) is 27.4 Å². The van der Waals surface area contributed by atoms with E-state index in [0.717, 1.165) is 23.2 Å². The lowest BCUT2D eigenvalue weighted by Gasteiger charge is -2.04. The highest BCUT2D eigenvalue weighted by molar-refractivity contribution is 5.94. The van der Waals surface area contributed by atoms with Gasteiger partial charge in [-0.2, -0.15) is 26.3 Å². The van der Waals surface area contributed by atoms with Crippen LogP contribution >= 0.6 is 0 Å². The summed E-state index contributed by atoms with van der Waals surface area (Å²) in [5, 5.41) is 17.2. The summed E-state index contributed by atoms with van der Waals surface area (Å²) in [6, 6.07) is 19.7. The molecule has 0 aliphatic carbocycles. The molecule has 0 radical (unpaired) electrons. The monoisotopic (exact) mass is 570 g/mol. The number of aliphatic carboxylic acids is 2. The van der Waals surface area contributed by atoms with Gasteiger partial charge >= 0.3 is 24.3 Å².